The van der Waals surface area contributed by atoms with Gasteiger partial charge in [0.15, 0.2) is 11.5 Å². The topological polar surface area (TPSA) is 50.7 Å². The highest BCUT2D eigenvalue weighted by Crippen LogP contribution is 2.42. The summed E-state index contributed by atoms with van der Waals surface area (Å²) in [6.07, 6.45) is 1.83. The van der Waals surface area contributed by atoms with Crippen molar-refractivity contribution in [1.82, 2.24) is 0 Å². The summed E-state index contributed by atoms with van der Waals surface area (Å²) in [5.41, 5.74) is 0.576. The summed E-state index contributed by atoms with van der Waals surface area (Å²) >= 11 is 0. The summed E-state index contributed by atoms with van der Waals surface area (Å²) in [6.45, 7) is 0.766. The molecule has 1 aromatic rings. The van der Waals surface area contributed by atoms with Crippen molar-refractivity contribution in [3.05, 3.63) is 18.2 Å². The van der Waals surface area contributed by atoms with Crippen molar-refractivity contribution >= 4 is 5.69 Å². The summed E-state index contributed by atoms with van der Waals surface area (Å²) in [4.78, 5) is 0. The normalized spacial score (nSPS) is 22.0. The van der Waals surface area contributed by atoms with Crippen LogP contribution in [0.1, 0.15) is 32.1 Å². The molecule has 0 spiro atoms. The second-order valence-electron chi connectivity index (χ2n) is 5.90. The molecule has 0 saturated heterocycles. The second kappa shape index (κ2) is 5.33. The van der Waals surface area contributed by atoms with Crippen molar-refractivity contribution in [2.75, 3.05) is 18.5 Å². The van der Waals surface area contributed by atoms with E-state index in [0.29, 0.717) is 12.2 Å². The van der Waals surface area contributed by atoms with Gasteiger partial charge in [0.1, 0.15) is 0 Å². The Kier molecular flexibility index (Phi) is 3.65. The Morgan fingerprint density at radius 2 is 1.81 bits per heavy atom. The van der Waals surface area contributed by atoms with Gasteiger partial charge < -0.3 is 19.9 Å². The van der Waals surface area contributed by atoms with Crippen LogP contribution in [0.4, 0.5) is 14.5 Å². The minimum atomic E-state index is -3.59. The zero-order valence-electron chi connectivity index (χ0n) is 11.7. The van der Waals surface area contributed by atoms with E-state index in [2.05, 4.69) is 14.8 Å². The highest BCUT2D eigenvalue weighted by molar-refractivity contribution is 5.56. The zero-order valence-corrected chi connectivity index (χ0v) is 11.7. The van der Waals surface area contributed by atoms with Crippen LogP contribution in [0.2, 0.25) is 0 Å². The van der Waals surface area contributed by atoms with Gasteiger partial charge >= 0.3 is 6.29 Å². The first kappa shape index (κ1) is 14.4. The van der Waals surface area contributed by atoms with Crippen molar-refractivity contribution in [2.45, 2.75) is 38.4 Å². The van der Waals surface area contributed by atoms with Crippen molar-refractivity contribution in [1.29, 1.82) is 0 Å². The van der Waals surface area contributed by atoms with Crippen LogP contribution in [0.5, 0.6) is 11.5 Å². The number of ether oxygens (including phenoxy) is 2. The molecule has 1 aliphatic heterocycles. The van der Waals surface area contributed by atoms with Gasteiger partial charge in [-0.15, -0.1) is 8.78 Å². The van der Waals surface area contributed by atoms with E-state index in [9.17, 15) is 13.9 Å². The van der Waals surface area contributed by atoms with Crippen molar-refractivity contribution in [3.63, 3.8) is 0 Å². The number of aliphatic hydroxyl groups excluding tert-OH is 1. The van der Waals surface area contributed by atoms with Crippen LogP contribution >= 0.6 is 0 Å². The molecule has 0 aromatic heterocycles. The molecule has 0 radical (unpaired) electrons. The van der Waals surface area contributed by atoms with Gasteiger partial charge in [-0.25, -0.2) is 0 Å². The number of fused-ring (bicyclic) bond motifs is 1. The molecule has 2 N–H and O–H groups in total. The van der Waals surface area contributed by atoms with E-state index in [4.69, 9.17) is 0 Å². The smallest absolute Gasteiger partial charge is 0.396 e. The zero-order chi connectivity index (χ0) is 14.9. The molecule has 1 fully saturated rings. The molecular formula is C15H19F2NO3. The molecule has 0 bridgehead atoms. The average Bonchev–Trinajstić information content (AvgIpc) is 2.79. The van der Waals surface area contributed by atoms with E-state index < -0.39 is 6.29 Å². The molecule has 4 nitrogen and oxygen atoms in total. The Morgan fingerprint density at radius 1 is 1.10 bits per heavy atom. The van der Waals surface area contributed by atoms with Crippen molar-refractivity contribution in [2.24, 2.45) is 5.41 Å². The number of hydrogen-bond donors (Lipinski definition) is 2. The minimum Gasteiger partial charge on any atom is -0.396 e. The Balaban J connectivity index is 1.66. The van der Waals surface area contributed by atoms with Gasteiger partial charge in [0, 0.05) is 23.7 Å². The van der Waals surface area contributed by atoms with Gasteiger partial charge in [-0.2, -0.15) is 0 Å². The number of aliphatic hydroxyl groups is 1. The van der Waals surface area contributed by atoms with Crippen LogP contribution in [-0.2, 0) is 0 Å². The monoisotopic (exact) mass is 299 g/mol. The molecule has 1 heterocycles. The van der Waals surface area contributed by atoms with Gasteiger partial charge in [-0.3, -0.25) is 0 Å². The maximum Gasteiger partial charge on any atom is 0.586 e. The Bertz CT molecular complexity index is 516. The summed E-state index contributed by atoms with van der Waals surface area (Å²) in [7, 11) is 0. The third-order valence-electron chi connectivity index (χ3n) is 4.32. The Labute approximate surface area is 122 Å². The molecule has 116 valence electrons. The molecule has 1 saturated carbocycles. The highest BCUT2D eigenvalue weighted by atomic mass is 19.3. The SMILES string of the molecule is OCC1(CNc2ccc3c(c2)OC(F)(F)O3)CCCCC1. The van der Waals surface area contributed by atoms with Gasteiger partial charge in [0.05, 0.1) is 6.61 Å². The van der Waals surface area contributed by atoms with Crippen molar-refractivity contribution in [3.8, 4) is 11.5 Å². The summed E-state index contributed by atoms with van der Waals surface area (Å²) in [5, 5.41) is 12.9. The lowest BCUT2D eigenvalue weighted by Crippen LogP contribution is -2.35. The van der Waals surface area contributed by atoms with E-state index in [0.717, 1.165) is 25.7 Å². The van der Waals surface area contributed by atoms with Crippen LogP contribution in [0.25, 0.3) is 0 Å². The van der Waals surface area contributed by atoms with Crippen LogP contribution in [0.3, 0.4) is 0 Å². The van der Waals surface area contributed by atoms with Gasteiger partial charge in [0.2, 0.25) is 0 Å². The molecule has 0 amide bonds. The first-order chi connectivity index (χ1) is 10.0. The van der Waals surface area contributed by atoms with Crippen molar-refractivity contribution < 1.29 is 23.4 Å². The lowest BCUT2D eigenvalue weighted by Gasteiger charge is -2.36. The fourth-order valence-corrected chi connectivity index (χ4v) is 3.04. The van der Waals surface area contributed by atoms with E-state index in [1.165, 1.54) is 18.6 Å². The predicted octanol–water partition coefficient (Wildman–Crippen LogP) is 3.36. The highest BCUT2D eigenvalue weighted by Gasteiger charge is 2.43. The second-order valence-corrected chi connectivity index (χ2v) is 5.90. The Morgan fingerprint density at radius 3 is 2.52 bits per heavy atom. The van der Waals surface area contributed by atoms with Crippen LogP contribution < -0.4 is 14.8 Å². The van der Waals surface area contributed by atoms with E-state index in [1.54, 1.807) is 6.07 Å². The predicted molar refractivity (Wildman–Crippen MR) is 73.7 cm³/mol. The lowest BCUT2D eigenvalue weighted by molar-refractivity contribution is -0.286. The standard InChI is InChI=1S/C15H19F2NO3/c16-15(17)20-12-5-4-11(8-13(12)21-15)18-9-14(10-19)6-2-1-3-7-14/h4-5,8,18-19H,1-3,6-7,9-10H2. The maximum absolute atomic E-state index is 13.0. The minimum absolute atomic E-state index is 0.0340. The summed E-state index contributed by atoms with van der Waals surface area (Å²) in [5.74, 6) is 0.0757. The molecule has 0 unspecified atom stereocenters. The van der Waals surface area contributed by atoms with E-state index >= 15 is 0 Å². The largest absolute Gasteiger partial charge is 0.586 e. The fourth-order valence-electron chi connectivity index (χ4n) is 3.04. The van der Waals surface area contributed by atoms with Crippen LogP contribution in [0, 0.1) is 5.41 Å². The fraction of sp³-hybridized carbons (Fsp3) is 0.600. The molecule has 6 heteroatoms. The molecule has 3 rings (SSSR count). The first-order valence-corrected chi connectivity index (χ1v) is 7.27. The number of rotatable bonds is 4. The number of benzene rings is 1. The molecule has 1 aliphatic carbocycles. The average molecular weight is 299 g/mol. The van der Waals surface area contributed by atoms with Gasteiger partial charge in [-0.05, 0) is 25.0 Å². The Hall–Kier alpha value is -1.56. The molecule has 21 heavy (non-hydrogen) atoms. The number of halogens is 2. The van der Waals surface area contributed by atoms with Gasteiger partial charge in [0.25, 0.3) is 0 Å². The van der Waals surface area contributed by atoms with Crippen LogP contribution in [0.15, 0.2) is 18.2 Å². The number of hydrogen-bond acceptors (Lipinski definition) is 4. The third-order valence-corrected chi connectivity index (χ3v) is 4.32. The summed E-state index contributed by atoms with van der Waals surface area (Å²) < 4.78 is 34.7. The quantitative estimate of drug-likeness (QED) is 0.895. The number of anilines is 1. The van der Waals surface area contributed by atoms with Gasteiger partial charge in [-0.1, -0.05) is 19.3 Å². The molecular weight excluding hydrogens is 280 g/mol. The summed E-state index contributed by atoms with van der Waals surface area (Å²) in [6, 6.07) is 4.65. The first-order valence-electron chi connectivity index (χ1n) is 7.27. The van der Waals surface area contributed by atoms with Crippen LogP contribution in [-0.4, -0.2) is 24.6 Å². The molecule has 0 atom stereocenters. The van der Waals surface area contributed by atoms with E-state index in [-0.39, 0.29) is 23.5 Å². The lowest BCUT2D eigenvalue weighted by atomic mass is 9.74. The maximum atomic E-state index is 13.0. The third kappa shape index (κ3) is 3.05. The molecule has 1 aromatic carbocycles. The van der Waals surface area contributed by atoms with E-state index in [1.807, 2.05) is 0 Å². The number of nitrogens with one attached hydrogen (secondary N) is 1. The number of alkyl halides is 2. The molecule has 2 aliphatic rings.